The van der Waals surface area contributed by atoms with Crippen molar-refractivity contribution in [1.82, 2.24) is 4.98 Å². The van der Waals surface area contributed by atoms with Crippen molar-refractivity contribution in [2.75, 3.05) is 18.1 Å². The van der Waals surface area contributed by atoms with Crippen LogP contribution in [0.1, 0.15) is 15.9 Å². The number of benzene rings is 1. The molecule has 96 valence electrons. The maximum Gasteiger partial charge on any atom is 0.151 e. The highest BCUT2D eigenvalue weighted by molar-refractivity contribution is 5.74. The molecule has 1 aliphatic rings. The predicted octanol–water partition coefficient (Wildman–Crippen LogP) is 2.29. The maximum atomic E-state index is 10.6. The zero-order valence-corrected chi connectivity index (χ0v) is 10.5. The number of nitrogens with zero attached hydrogens (tertiary/aromatic N) is 2. The van der Waals surface area contributed by atoms with Crippen molar-refractivity contribution >= 4 is 12.1 Å². The number of ether oxygens (including phenoxy) is 1. The van der Waals surface area contributed by atoms with Gasteiger partial charge in [-0.05, 0) is 18.2 Å². The first-order valence-electron chi connectivity index (χ1n) is 6.24. The Morgan fingerprint density at radius 3 is 2.89 bits per heavy atom. The van der Waals surface area contributed by atoms with Gasteiger partial charge in [0.1, 0.15) is 18.2 Å². The fourth-order valence-corrected chi connectivity index (χ4v) is 2.18. The van der Waals surface area contributed by atoms with Gasteiger partial charge in [-0.1, -0.05) is 18.2 Å². The molecule has 0 bridgehead atoms. The summed E-state index contributed by atoms with van der Waals surface area (Å²) in [4.78, 5) is 17.1. The Morgan fingerprint density at radius 2 is 2.11 bits per heavy atom. The number of hydrogen-bond donors (Lipinski definition) is 0. The quantitative estimate of drug-likeness (QED) is 0.771. The minimum Gasteiger partial charge on any atom is -0.491 e. The summed E-state index contributed by atoms with van der Waals surface area (Å²) in [7, 11) is 0. The number of aromatic nitrogens is 1. The van der Waals surface area contributed by atoms with Crippen LogP contribution in [0.25, 0.3) is 0 Å². The zero-order valence-electron chi connectivity index (χ0n) is 10.5. The largest absolute Gasteiger partial charge is 0.491 e. The van der Waals surface area contributed by atoms with Crippen LogP contribution in [0.15, 0.2) is 42.6 Å². The van der Waals surface area contributed by atoms with Gasteiger partial charge in [-0.3, -0.25) is 4.79 Å². The van der Waals surface area contributed by atoms with Gasteiger partial charge < -0.3 is 9.64 Å². The summed E-state index contributed by atoms with van der Waals surface area (Å²) >= 11 is 0. The summed E-state index contributed by atoms with van der Waals surface area (Å²) in [5.74, 6) is 1.81. The van der Waals surface area contributed by atoms with Gasteiger partial charge in [0, 0.05) is 23.9 Å². The molecule has 2 aromatic rings. The molecular formula is C15H14N2O2. The normalized spacial score (nSPS) is 14.2. The monoisotopic (exact) mass is 254 g/mol. The van der Waals surface area contributed by atoms with Crippen LogP contribution in [-0.2, 0) is 6.54 Å². The van der Waals surface area contributed by atoms with Crippen molar-refractivity contribution in [3.63, 3.8) is 0 Å². The molecule has 0 radical (unpaired) electrons. The van der Waals surface area contributed by atoms with Gasteiger partial charge in [-0.15, -0.1) is 0 Å². The van der Waals surface area contributed by atoms with Gasteiger partial charge in [0.15, 0.2) is 6.29 Å². The number of anilines is 1. The van der Waals surface area contributed by atoms with Crippen molar-refractivity contribution < 1.29 is 9.53 Å². The summed E-state index contributed by atoms with van der Waals surface area (Å²) in [5.41, 5.74) is 1.75. The highest BCUT2D eigenvalue weighted by Crippen LogP contribution is 2.24. The molecule has 0 saturated heterocycles. The molecular weight excluding hydrogens is 240 g/mol. The summed E-state index contributed by atoms with van der Waals surface area (Å²) in [5, 5.41) is 0. The van der Waals surface area contributed by atoms with Crippen molar-refractivity contribution in [2.24, 2.45) is 0 Å². The van der Waals surface area contributed by atoms with Crippen LogP contribution in [0.3, 0.4) is 0 Å². The Hall–Kier alpha value is -2.36. The lowest BCUT2D eigenvalue weighted by Crippen LogP contribution is -2.26. The summed E-state index contributed by atoms with van der Waals surface area (Å²) < 4.78 is 5.72. The standard InChI is InChI=1S/C15H14N2O2/c18-11-12-5-6-15(16-9-12)17-7-8-19-14-4-2-1-3-13(14)10-17/h1-6,9,11H,7-8,10H2. The molecule has 0 atom stereocenters. The first-order valence-corrected chi connectivity index (χ1v) is 6.24. The van der Waals surface area contributed by atoms with E-state index >= 15 is 0 Å². The molecule has 0 N–H and O–H groups in total. The van der Waals surface area contributed by atoms with Crippen LogP contribution in [0.4, 0.5) is 5.82 Å². The van der Waals surface area contributed by atoms with Crippen LogP contribution in [0, 0.1) is 0 Å². The van der Waals surface area contributed by atoms with Gasteiger partial charge in [0.05, 0.1) is 6.54 Å². The second-order valence-electron chi connectivity index (χ2n) is 4.45. The second kappa shape index (κ2) is 5.10. The predicted molar refractivity (Wildman–Crippen MR) is 72.6 cm³/mol. The van der Waals surface area contributed by atoms with Gasteiger partial charge in [0.25, 0.3) is 0 Å². The highest BCUT2D eigenvalue weighted by atomic mass is 16.5. The van der Waals surface area contributed by atoms with Crippen LogP contribution in [0.5, 0.6) is 5.75 Å². The average Bonchev–Trinajstić information content (AvgIpc) is 2.69. The first kappa shape index (κ1) is 11.7. The third kappa shape index (κ3) is 2.42. The molecule has 1 aromatic carbocycles. The molecule has 0 spiro atoms. The number of hydrogen-bond acceptors (Lipinski definition) is 4. The van der Waals surface area contributed by atoms with E-state index in [4.69, 9.17) is 4.74 Å². The minimum absolute atomic E-state index is 0.593. The lowest BCUT2D eigenvalue weighted by Gasteiger charge is -2.20. The van der Waals surface area contributed by atoms with E-state index in [0.29, 0.717) is 12.2 Å². The second-order valence-corrected chi connectivity index (χ2v) is 4.45. The number of aldehydes is 1. The summed E-state index contributed by atoms with van der Waals surface area (Å²) in [6.45, 7) is 2.18. The molecule has 0 fully saturated rings. The van der Waals surface area contributed by atoms with E-state index in [2.05, 4.69) is 16.0 Å². The number of fused-ring (bicyclic) bond motifs is 1. The lowest BCUT2D eigenvalue weighted by atomic mass is 10.2. The van der Waals surface area contributed by atoms with Gasteiger partial charge in [-0.2, -0.15) is 0 Å². The zero-order chi connectivity index (χ0) is 13.1. The molecule has 1 aliphatic heterocycles. The molecule has 0 saturated carbocycles. The third-order valence-electron chi connectivity index (χ3n) is 3.18. The van der Waals surface area contributed by atoms with Crippen LogP contribution < -0.4 is 9.64 Å². The molecule has 4 nitrogen and oxygen atoms in total. The van der Waals surface area contributed by atoms with Crippen molar-refractivity contribution in [3.8, 4) is 5.75 Å². The van der Waals surface area contributed by atoms with Crippen LogP contribution in [-0.4, -0.2) is 24.4 Å². The number of para-hydroxylation sites is 1. The molecule has 3 rings (SSSR count). The van der Waals surface area contributed by atoms with Gasteiger partial charge in [-0.25, -0.2) is 4.98 Å². The summed E-state index contributed by atoms with van der Waals surface area (Å²) in [6, 6.07) is 11.7. The number of rotatable bonds is 2. The van der Waals surface area contributed by atoms with E-state index in [1.165, 1.54) is 0 Å². The molecule has 0 aliphatic carbocycles. The maximum absolute atomic E-state index is 10.6. The number of carbonyl (C=O) groups is 1. The van der Waals surface area contributed by atoms with Crippen molar-refractivity contribution in [2.45, 2.75) is 6.54 Å². The Balaban J connectivity index is 1.87. The Bertz CT molecular complexity index is 581. The van der Waals surface area contributed by atoms with Crippen molar-refractivity contribution in [3.05, 3.63) is 53.7 Å². The molecule has 4 heteroatoms. The van der Waals surface area contributed by atoms with E-state index in [-0.39, 0.29) is 0 Å². The van der Waals surface area contributed by atoms with E-state index in [1.54, 1.807) is 12.3 Å². The number of carbonyl (C=O) groups excluding carboxylic acids is 1. The van der Waals surface area contributed by atoms with Crippen LogP contribution >= 0.6 is 0 Å². The molecule has 0 amide bonds. The first-order chi connectivity index (χ1) is 9.36. The topological polar surface area (TPSA) is 42.4 Å². The van der Waals surface area contributed by atoms with Crippen molar-refractivity contribution in [1.29, 1.82) is 0 Å². The molecule has 2 heterocycles. The molecule has 19 heavy (non-hydrogen) atoms. The fourth-order valence-electron chi connectivity index (χ4n) is 2.18. The van der Waals surface area contributed by atoms with E-state index in [9.17, 15) is 4.79 Å². The molecule has 1 aromatic heterocycles. The van der Waals surface area contributed by atoms with E-state index in [1.807, 2.05) is 24.3 Å². The van der Waals surface area contributed by atoms with E-state index < -0.39 is 0 Å². The van der Waals surface area contributed by atoms with Gasteiger partial charge in [0.2, 0.25) is 0 Å². The molecule has 0 unspecified atom stereocenters. The SMILES string of the molecule is O=Cc1ccc(N2CCOc3ccccc3C2)nc1. The Labute approximate surface area is 111 Å². The number of pyridine rings is 1. The Morgan fingerprint density at radius 1 is 1.21 bits per heavy atom. The Kier molecular flexibility index (Phi) is 3.14. The fraction of sp³-hybridized carbons (Fsp3) is 0.200. The van der Waals surface area contributed by atoms with Crippen LogP contribution in [0.2, 0.25) is 0 Å². The third-order valence-corrected chi connectivity index (χ3v) is 3.18. The summed E-state index contributed by atoms with van der Waals surface area (Å²) in [6.07, 6.45) is 2.40. The smallest absolute Gasteiger partial charge is 0.151 e. The highest BCUT2D eigenvalue weighted by Gasteiger charge is 2.15. The minimum atomic E-state index is 0.593. The van der Waals surface area contributed by atoms with E-state index in [0.717, 1.165) is 36.5 Å². The van der Waals surface area contributed by atoms with Gasteiger partial charge >= 0.3 is 0 Å². The average molecular weight is 254 g/mol. The lowest BCUT2D eigenvalue weighted by molar-refractivity contribution is 0.112.